The maximum absolute atomic E-state index is 11.7. The van der Waals surface area contributed by atoms with Gasteiger partial charge in [-0.25, -0.2) is 4.79 Å². The van der Waals surface area contributed by atoms with E-state index in [1.54, 1.807) is 19.2 Å². The van der Waals surface area contributed by atoms with Gasteiger partial charge in [-0.3, -0.25) is 0 Å². The highest BCUT2D eigenvalue weighted by molar-refractivity contribution is 9.10. The SMILES string of the molecule is COc1cc(Br)c(N)cc1NC(=O)NC1CC1C. The number of rotatable bonds is 3. The van der Waals surface area contributed by atoms with Crippen molar-refractivity contribution in [3.63, 3.8) is 0 Å². The number of nitrogen functional groups attached to an aromatic ring is 1. The summed E-state index contributed by atoms with van der Waals surface area (Å²) in [5.41, 5.74) is 6.89. The molecule has 0 spiro atoms. The predicted molar refractivity (Wildman–Crippen MR) is 74.8 cm³/mol. The molecule has 2 amide bonds. The lowest BCUT2D eigenvalue weighted by Crippen LogP contribution is -2.31. The van der Waals surface area contributed by atoms with E-state index in [-0.39, 0.29) is 12.1 Å². The minimum absolute atomic E-state index is 0.232. The third kappa shape index (κ3) is 2.87. The Kier molecular flexibility index (Phi) is 3.65. The van der Waals surface area contributed by atoms with Crippen molar-refractivity contribution in [1.29, 1.82) is 0 Å². The number of nitrogens with one attached hydrogen (secondary N) is 2. The summed E-state index contributed by atoms with van der Waals surface area (Å²) in [5, 5.41) is 5.62. The van der Waals surface area contributed by atoms with Crippen LogP contribution in [0.1, 0.15) is 13.3 Å². The van der Waals surface area contributed by atoms with Crippen LogP contribution in [0.25, 0.3) is 0 Å². The Morgan fingerprint density at radius 3 is 2.78 bits per heavy atom. The third-order valence-corrected chi connectivity index (χ3v) is 3.68. The molecule has 4 N–H and O–H groups in total. The van der Waals surface area contributed by atoms with Crippen molar-refractivity contribution in [2.24, 2.45) is 5.92 Å². The van der Waals surface area contributed by atoms with E-state index in [9.17, 15) is 4.79 Å². The first-order chi connectivity index (χ1) is 8.51. The number of halogens is 1. The molecular weight excluding hydrogens is 298 g/mol. The van der Waals surface area contributed by atoms with Crippen LogP contribution >= 0.6 is 15.9 Å². The Bertz CT molecular complexity index is 479. The van der Waals surface area contributed by atoms with E-state index in [2.05, 4.69) is 33.5 Å². The van der Waals surface area contributed by atoms with Crippen molar-refractivity contribution < 1.29 is 9.53 Å². The van der Waals surface area contributed by atoms with Gasteiger partial charge in [0.25, 0.3) is 0 Å². The van der Waals surface area contributed by atoms with Gasteiger partial charge >= 0.3 is 6.03 Å². The van der Waals surface area contributed by atoms with Crippen LogP contribution < -0.4 is 21.1 Å². The van der Waals surface area contributed by atoms with Gasteiger partial charge in [0.2, 0.25) is 0 Å². The number of nitrogens with two attached hydrogens (primary N) is 1. The minimum atomic E-state index is -0.232. The van der Waals surface area contributed by atoms with E-state index in [0.29, 0.717) is 23.0 Å². The molecule has 2 atom stereocenters. The van der Waals surface area contributed by atoms with Crippen molar-refractivity contribution in [3.05, 3.63) is 16.6 Å². The third-order valence-electron chi connectivity index (χ3n) is 2.99. The summed E-state index contributed by atoms with van der Waals surface area (Å²) in [6.07, 6.45) is 1.03. The lowest BCUT2D eigenvalue weighted by molar-refractivity contribution is 0.251. The molecule has 0 aromatic heterocycles. The van der Waals surface area contributed by atoms with Gasteiger partial charge < -0.3 is 21.1 Å². The Labute approximate surface area is 114 Å². The van der Waals surface area contributed by atoms with E-state index >= 15 is 0 Å². The number of amides is 2. The van der Waals surface area contributed by atoms with Crippen LogP contribution in [0.5, 0.6) is 5.75 Å². The molecule has 1 aliphatic rings. The molecule has 1 aromatic rings. The molecule has 0 saturated heterocycles. The topological polar surface area (TPSA) is 76.4 Å². The molecule has 1 fully saturated rings. The second-order valence-electron chi connectivity index (χ2n) is 4.49. The van der Waals surface area contributed by atoms with Crippen LogP contribution in [0.2, 0.25) is 0 Å². The Morgan fingerprint density at radius 1 is 1.56 bits per heavy atom. The van der Waals surface area contributed by atoms with Crippen molar-refractivity contribution in [3.8, 4) is 5.75 Å². The highest BCUT2D eigenvalue weighted by Gasteiger charge is 2.33. The lowest BCUT2D eigenvalue weighted by Gasteiger charge is -2.12. The molecule has 1 aliphatic carbocycles. The summed E-state index contributed by atoms with van der Waals surface area (Å²) in [5.74, 6) is 1.13. The zero-order chi connectivity index (χ0) is 13.3. The quantitative estimate of drug-likeness (QED) is 0.751. The van der Waals surface area contributed by atoms with Crippen LogP contribution in [-0.2, 0) is 0 Å². The maximum Gasteiger partial charge on any atom is 0.319 e. The predicted octanol–water partition coefficient (Wildman–Crippen LogP) is 2.57. The number of hydrogen-bond donors (Lipinski definition) is 3. The van der Waals surface area contributed by atoms with Crippen molar-refractivity contribution >= 4 is 33.3 Å². The molecular formula is C12H16BrN3O2. The van der Waals surface area contributed by atoms with E-state index in [4.69, 9.17) is 10.5 Å². The van der Waals surface area contributed by atoms with E-state index in [1.807, 2.05) is 0 Å². The number of methoxy groups -OCH3 is 1. The normalized spacial score (nSPS) is 21.3. The molecule has 0 bridgehead atoms. The van der Waals surface area contributed by atoms with Crippen LogP contribution in [0.4, 0.5) is 16.2 Å². The van der Waals surface area contributed by atoms with Gasteiger partial charge in [-0.15, -0.1) is 0 Å². The number of benzene rings is 1. The van der Waals surface area contributed by atoms with Gasteiger partial charge in [0, 0.05) is 16.2 Å². The largest absolute Gasteiger partial charge is 0.495 e. The van der Waals surface area contributed by atoms with Gasteiger partial charge in [-0.1, -0.05) is 6.92 Å². The van der Waals surface area contributed by atoms with Gasteiger partial charge in [-0.2, -0.15) is 0 Å². The monoisotopic (exact) mass is 313 g/mol. The smallest absolute Gasteiger partial charge is 0.319 e. The summed E-state index contributed by atoms with van der Waals surface area (Å²) in [4.78, 5) is 11.7. The molecule has 1 saturated carbocycles. The zero-order valence-electron chi connectivity index (χ0n) is 10.3. The number of urea groups is 1. The molecule has 0 radical (unpaired) electrons. The fourth-order valence-corrected chi connectivity index (χ4v) is 2.01. The second kappa shape index (κ2) is 5.06. The Morgan fingerprint density at radius 2 is 2.22 bits per heavy atom. The molecule has 6 heteroatoms. The first kappa shape index (κ1) is 13.0. The molecule has 1 aromatic carbocycles. The fourth-order valence-electron chi connectivity index (χ4n) is 1.69. The van der Waals surface area contributed by atoms with Crippen LogP contribution in [0.15, 0.2) is 16.6 Å². The summed E-state index contributed by atoms with van der Waals surface area (Å²) in [7, 11) is 1.55. The van der Waals surface area contributed by atoms with E-state index in [0.717, 1.165) is 10.9 Å². The van der Waals surface area contributed by atoms with Gasteiger partial charge in [0.15, 0.2) is 0 Å². The fraction of sp³-hybridized carbons (Fsp3) is 0.417. The van der Waals surface area contributed by atoms with E-state index < -0.39 is 0 Å². The van der Waals surface area contributed by atoms with Crippen LogP contribution in [0.3, 0.4) is 0 Å². The first-order valence-corrected chi connectivity index (χ1v) is 6.51. The summed E-state index contributed by atoms with van der Waals surface area (Å²) >= 11 is 3.31. The standard InChI is InChI=1S/C12H16BrN3O2/c1-6-3-9(6)15-12(17)16-10-5-8(14)7(13)4-11(10)18-2/h4-6,9H,3,14H2,1-2H3,(H2,15,16,17). The molecule has 0 heterocycles. The minimum Gasteiger partial charge on any atom is -0.495 e. The van der Waals surface area contributed by atoms with Crippen LogP contribution in [-0.4, -0.2) is 19.2 Å². The molecule has 0 aliphatic heterocycles. The lowest BCUT2D eigenvalue weighted by atomic mass is 10.2. The van der Waals surface area contributed by atoms with Gasteiger partial charge in [0.05, 0.1) is 12.8 Å². The molecule has 5 nitrogen and oxygen atoms in total. The Hall–Kier alpha value is -1.43. The average molecular weight is 314 g/mol. The average Bonchev–Trinajstić information content (AvgIpc) is 2.98. The van der Waals surface area contributed by atoms with Crippen molar-refractivity contribution in [2.45, 2.75) is 19.4 Å². The maximum atomic E-state index is 11.7. The number of carbonyl (C=O) groups excluding carboxylic acids is 1. The molecule has 18 heavy (non-hydrogen) atoms. The molecule has 2 rings (SSSR count). The highest BCUT2D eigenvalue weighted by Crippen LogP contribution is 2.33. The Balaban J connectivity index is 2.07. The number of carbonyl (C=O) groups is 1. The summed E-state index contributed by atoms with van der Waals surface area (Å²) in [6, 6.07) is 3.44. The van der Waals surface area contributed by atoms with Crippen molar-refractivity contribution in [2.75, 3.05) is 18.2 Å². The summed E-state index contributed by atoms with van der Waals surface area (Å²) < 4.78 is 5.93. The number of ether oxygens (including phenoxy) is 1. The zero-order valence-corrected chi connectivity index (χ0v) is 11.9. The molecule has 2 unspecified atom stereocenters. The summed E-state index contributed by atoms with van der Waals surface area (Å²) in [6.45, 7) is 2.10. The second-order valence-corrected chi connectivity index (χ2v) is 5.35. The number of hydrogen-bond acceptors (Lipinski definition) is 3. The molecule has 98 valence electrons. The van der Waals surface area contributed by atoms with Crippen LogP contribution in [0, 0.1) is 5.92 Å². The first-order valence-electron chi connectivity index (χ1n) is 5.71. The van der Waals surface area contributed by atoms with E-state index in [1.165, 1.54) is 0 Å². The van der Waals surface area contributed by atoms with Crippen molar-refractivity contribution in [1.82, 2.24) is 5.32 Å². The highest BCUT2D eigenvalue weighted by atomic mass is 79.9. The number of anilines is 2. The van der Waals surface area contributed by atoms with Gasteiger partial charge in [0.1, 0.15) is 5.75 Å². The van der Waals surface area contributed by atoms with Gasteiger partial charge in [-0.05, 0) is 40.4 Å².